The monoisotopic (exact) mass is 603 g/mol. The van der Waals surface area contributed by atoms with Crippen molar-refractivity contribution < 1.29 is 18.0 Å². The molecule has 10 heteroatoms. The maximum atomic E-state index is 14.1. The molecule has 40 heavy (non-hydrogen) atoms. The number of aryl methyl sites for hydroxylation is 1. The number of benzene rings is 3. The van der Waals surface area contributed by atoms with Gasteiger partial charge in [-0.2, -0.15) is 0 Å². The lowest BCUT2D eigenvalue weighted by molar-refractivity contribution is -0.140. The summed E-state index contributed by atoms with van der Waals surface area (Å²) in [5, 5.41) is 3.39. The van der Waals surface area contributed by atoms with E-state index in [9.17, 15) is 18.0 Å². The molecule has 3 rings (SSSR count). The molecule has 0 spiro atoms. The molecule has 2 amide bonds. The highest BCUT2D eigenvalue weighted by Crippen LogP contribution is 2.30. The van der Waals surface area contributed by atoms with Crippen molar-refractivity contribution in [2.24, 2.45) is 5.92 Å². The first kappa shape index (κ1) is 31.5. The van der Waals surface area contributed by atoms with Gasteiger partial charge < -0.3 is 10.2 Å². The molecule has 0 heterocycles. The summed E-state index contributed by atoms with van der Waals surface area (Å²) in [6.07, 6.45) is 1.26. The van der Waals surface area contributed by atoms with E-state index in [-0.39, 0.29) is 35.5 Å². The number of carbonyl (C=O) groups is 2. The molecule has 3 aromatic rings. The second-order valence-electron chi connectivity index (χ2n) is 10.2. The molecule has 0 aliphatic heterocycles. The number of rotatable bonds is 12. The van der Waals surface area contributed by atoms with E-state index in [1.807, 2.05) is 75.4 Å². The second-order valence-corrected chi connectivity index (χ2v) is 13.0. The van der Waals surface area contributed by atoms with Gasteiger partial charge in [0.15, 0.2) is 0 Å². The van der Waals surface area contributed by atoms with Gasteiger partial charge in [0.2, 0.25) is 21.8 Å². The molecule has 7 nitrogen and oxygen atoms in total. The number of amides is 2. The van der Waals surface area contributed by atoms with Gasteiger partial charge in [-0.3, -0.25) is 13.9 Å². The van der Waals surface area contributed by atoms with Gasteiger partial charge in [-0.25, -0.2) is 8.42 Å². The number of nitrogens with zero attached hydrogens (tertiary/aromatic N) is 2. The molecule has 3 aromatic carbocycles. The van der Waals surface area contributed by atoms with Crippen LogP contribution in [0.5, 0.6) is 0 Å². The van der Waals surface area contributed by atoms with E-state index in [0.717, 1.165) is 27.3 Å². The Bertz CT molecular complexity index is 1430. The van der Waals surface area contributed by atoms with E-state index in [4.69, 9.17) is 23.2 Å². The summed E-state index contributed by atoms with van der Waals surface area (Å²) >= 11 is 12.4. The van der Waals surface area contributed by atoms with Crippen LogP contribution >= 0.6 is 23.2 Å². The van der Waals surface area contributed by atoms with Crippen LogP contribution in [0.4, 0.5) is 5.69 Å². The van der Waals surface area contributed by atoms with Crippen molar-refractivity contribution in [3.8, 4) is 0 Å². The van der Waals surface area contributed by atoms with E-state index >= 15 is 0 Å². The van der Waals surface area contributed by atoms with Crippen LogP contribution in [0.25, 0.3) is 0 Å². The van der Waals surface area contributed by atoms with Gasteiger partial charge in [-0.05, 0) is 42.2 Å². The van der Waals surface area contributed by atoms with E-state index in [0.29, 0.717) is 11.6 Å². The normalized spacial score (nSPS) is 12.2. The number of carbonyl (C=O) groups excluding carboxylic acids is 2. The van der Waals surface area contributed by atoms with Crippen LogP contribution in [0.2, 0.25) is 10.0 Å². The van der Waals surface area contributed by atoms with Gasteiger partial charge in [0.05, 0.1) is 17.0 Å². The third-order valence-electron chi connectivity index (χ3n) is 6.25. The van der Waals surface area contributed by atoms with Crippen molar-refractivity contribution in [3.63, 3.8) is 0 Å². The Morgan fingerprint density at radius 3 is 2.20 bits per heavy atom. The number of anilines is 1. The van der Waals surface area contributed by atoms with Gasteiger partial charge in [0, 0.05) is 24.5 Å². The lowest BCUT2D eigenvalue weighted by Crippen LogP contribution is -2.53. The zero-order valence-corrected chi connectivity index (χ0v) is 25.4. The number of halogens is 2. The van der Waals surface area contributed by atoms with Crippen molar-refractivity contribution in [2.45, 2.75) is 39.8 Å². The summed E-state index contributed by atoms with van der Waals surface area (Å²) in [5.74, 6) is -0.650. The maximum absolute atomic E-state index is 14.1. The van der Waals surface area contributed by atoms with Crippen LogP contribution in [0.15, 0.2) is 72.8 Å². The minimum absolute atomic E-state index is 0.0893. The number of sulfonamides is 1. The Labute approximate surface area is 247 Å². The summed E-state index contributed by atoms with van der Waals surface area (Å²) in [6.45, 7) is 5.92. The Hall–Kier alpha value is -3.07. The number of nitrogens with one attached hydrogen (secondary N) is 1. The van der Waals surface area contributed by atoms with E-state index in [2.05, 4.69) is 5.32 Å². The van der Waals surface area contributed by atoms with E-state index < -0.39 is 28.5 Å². The van der Waals surface area contributed by atoms with Crippen LogP contribution in [0.1, 0.15) is 30.5 Å². The molecule has 0 aromatic heterocycles. The van der Waals surface area contributed by atoms with Gasteiger partial charge in [-0.15, -0.1) is 0 Å². The van der Waals surface area contributed by atoms with Crippen molar-refractivity contribution in [3.05, 3.63) is 99.5 Å². The van der Waals surface area contributed by atoms with E-state index in [1.165, 1.54) is 23.1 Å². The molecular weight excluding hydrogens is 569 g/mol. The molecule has 0 fully saturated rings. The zero-order chi connectivity index (χ0) is 29.4. The number of hydrogen-bond acceptors (Lipinski definition) is 4. The standard InChI is InChI=1S/C30H35Cl2N3O4S/c1-21(2)18-33-30(37)28(16-23-10-6-5-7-11-23)34(19-24-12-8-9-22(3)15-24)29(36)20-35(40(4,38)39)27-14-13-25(31)17-26(27)32/h5-15,17,21,28H,16,18-20H2,1-4H3,(H,33,37)/t28-/m0/s1. The quantitative estimate of drug-likeness (QED) is 0.297. The molecule has 1 N–H and O–H groups in total. The first-order chi connectivity index (χ1) is 18.8. The van der Waals surface area contributed by atoms with Crippen LogP contribution in [-0.4, -0.2) is 50.5 Å². The Balaban J connectivity index is 2.07. The lowest BCUT2D eigenvalue weighted by atomic mass is 10.0. The molecule has 0 unspecified atom stereocenters. The average molecular weight is 605 g/mol. The molecule has 1 atom stereocenters. The van der Waals surface area contributed by atoms with E-state index in [1.54, 1.807) is 0 Å². The lowest BCUT2D eigenvalue weighted by Gasteiger charge is -2.34. The zero-order valence-electron chi connectivity index (χ0n) is 23.1. The van der Waals surface area contributed by atoms with Crippen molar-refractivity contribution in [1.82, 2.24) is 10.2 Å². The number of hydrogen-bond donors (Lipinski definition) is 1. The topological polar surface area (TPSA) is 86.8 Å². The maximum Gasteiger partial charge on any atom is 0.244 e. The fourth-order valence-corrected chi connectivity index (χ4v) is 5.68. The van der Waals surface area contributed by atoms with Crippen LogP contribution < -0.4 is 9.62 Å². The fourth-order valence-electron chi connectivity index (χ4n) is 4.26. The Kier molecular flexibility index (Phi) is 11.0. The van der Waals surface area contributed by atoms with Gasteiger partial charge in [0.25, 0.3) is 0 Å². The molecule has 0 radical (unpaired) electrons. The molecule has 214 valence electrons. The summed E-state index contributed by atoms with van der Waals surface area (Å²) in [5.41, 5.74) is 2.81. The molecule has 0 aliphatic carbocycles. The third kappa shape index (κ3) is 8.98. The van der Waals surface area contributed by atoms with Crippen LogP contribution in [-0.2, 0) is 32.6 Å². The smallest absolute Gasteiger partial charge is 0.244 e. The summed E-state index contributed by atoms with van der Waals surface area (Å²) in [6, 6.07) is 20.6. The highest BCUT2D eigenvalue weighted by atomic mass is 35.5. The highest BCUT2D eigenvalue weighted by molar-refractivity contribution is 7.92. The average Bonchev–Trinajstić information content (AvgIpc) is 2.88. The minimum Gasteiger partial charge on any atom is -0.354 e. The molecule has 0 aliphatic rings. The summed E-state index contributed by atoms with van der Waals surface area (Å²) < 4.78 is 26.7. The fraction of sp³-hybridized carbons (Fsp3) is 0.333. The molecule has 0 bridgehead atoms. The van der Waals surface area contributed by atoms with Crippen LogP contribution in [0, 0.1) is 12.8 Å². The van der Waals surface area contributed by atoms with Gasteiger partial charge in [0.1, 0.15) is 12.6 Å². The largest absolute Gasteiger partial charge is 0.354 e. The van der Waals surface area contributed by atoms with Crippen molar-refractivity contribution >= 4 is 50.7 Å². The Morgan fingerprint density at radius 2 is 1.60 bits per heavy atom. The summed E-state index contributed by atoms with van der Waals surface area (Å²) in [7, 11) is -3.93. The summed E-state index contributed by atoms with van der Waals surface area (Å²) in [4.78, 5) is 29.2. The van der Waals surface area contributed by atoms with Gasteiger partial charge >= 0.3 is 0 Å². The predicted molar refractivity (Wildman–Crippen MR) is 162 cm³/mol. The molecular formula is C30H35Cl2N3O4S. The Morgan fingerprint density at radius 1 is 0.925 bits per heavy atom. The molecule has 0 saturated heterocycles. The minimum atomic E-state index is -3.93. The van der Waals surface area contributed by atoms with Gasteiger partial charge in [-0.1, -0.05) is 97.2 Å². The first-order valence-corrected chi connectivity index (χ1v) is 15.5. The SMILES string of the molecule is Cc1cccc(CN(C(=O)CN(c2ccc(Cl)cc2Cl)S(C)(=O)=O)[C@@H](Cc2ccccc2)C(=O)NCC(C)C)c1. The van der Waals surface area contributed by atoms with Crippen molar-refractivity contribution in [2.75, 3.05) is 23.7 Å². The highest BCUT2D eigenvalue weighted by Gasteiger charge is 2.33. The third-order valence-corrected chi connectivity index (χ3v) is 7.91. The first-order valence-electron chi connectivity index (χ1n) is 12.9. The molecule has 0 saturated carbocycles. The van der Waals surface area contributed by atoms with Crippen LogP contribution in [0.3, 0.4) is 0 Å². The predicted octanol–water partition coefficient (Wildman–Crippen LogP) is 5.48. The second kappa shape index (κ2) is 14.0. The van der Waals surface area contributed by atoms with Crippen molar-refractivity contribution in [1.29, 1.82) is 0 Å².